The molecule has 2 aromatic carbocycles. The molecule has 1 saturated heterocycles. The number of piperidine rings is 1. The molecule has 1 aliphatic heterocycles. The van der Waals surface area contributed by atoms with Gasteiger partial charge in [-0.3, -0.25) is 4.79 Å². The summed E-state index contributed by atoms with van der Waals surface area (Å²) in [5.41, 5.74) is 2.50. The standard InChI is InChI=1S/C21H26N2O.ClH/c24-21(19-13-15-22-16-14-19)23-20(18-9-5-2-6-10-18)12-11-17-7-3-1-4-8-17;/h1-10,19-20,22H,11-16H2,(H,23,24);1H. The van der Waals surface area contributed by atoms with E-state index in [0.717, 1.165) is 38.8 Å². The van der Waals surface area contributed by atoms with Crippen LogP contribution in [0.4, 0.5) is 0 Å². The van der Waals surface area contributed by atoms with Crippen LogP contribution >= 0.6 is 12.4 Å². The molecule has 1 atom stereocenters. The molecule has 1 unspecified atom stereocenters. The number of rotatable bonds is 6. The van der Waals surface area contributed by atoms with Gasteiger partial charge in [0.05, 0.1) is 6.04 Å². The van der Waals surface area contributed by atoms with Gasteiger partial charge in [-0.25, -0.2) is 0 Å². The Morgan fingerprint density at radius 1 is 1.00 bits per heavy atom. The molecule has 0 spiro atoms. The van der Waals surface area contributed by atoms with Gasteiger partial charge < -0.3 is 10.6 Å². The minimum absolute atomic E-state index is 0. The molecule has 0 aromatic heterocycles. The number of halogens is 1. The van der Waals surface area contributed by atoms with Gasteiger partial charge in [0, 0.05) is 5.92 Å². The van der Waals surface area contributed by atoms with Crippen molar-refractivity contribution in [3.63, 3.8) is 0 Å². The SMILES string of the molecule is Cl.O=C(NC(CCc1ccccc1)c1ccccc1)C1CCNCC1. The molecule has 25 heavy (non-hydrogen) atoms. The van der Waals surface area contributed by atoms with E-state index in [1.54, 1.807) is 0 Å². The molecular weight excluding hydrogens is 332 g/mol. The monoisotopic (exact) mass is 358 g/mol. The third kappa shape index (κ3) is 5.87. The van der Waals surface area contributed by atoms with Gasteiger partial charge in [-0.1, -0.05) is 60.7 Å². The van der Waals surface area contributed by atoms with Gasteiger partial charge in [-0.15, -0.1) is 12.4 Å². The number of carbonyl (C=O) groups excluding carboxylic acids is 1. The first-order chi connectivity index (χ1) is 11.8. The van der Waals surface area contributed by atoms with E-state index >= 15 is 0 Å². The van der Waals surface area contributed by atoms with Gasteiger partial charge in [0.25, 0.3) is 0 Å². The predicted octanol–water partition coefficient (Wildman–Crippen LogP) is 3.90. The fraction of sp³-hybridized carbons (Fsp3) is 0.381. The summed E-state index contributed by atoms with van der Waals surface area (Å²) in [6.07, 6.45) is 3.76. The second kappa shape index (κ2) is 10.2. The Morgan fingerprint density at radius 3 is 2.24 bits per heavy atom. The molecule has 4 heteroatoms. The molecule has 134 valence electrons. The molecule has 0 radical (unpaired) electrons. The van der Waals surface area contributed by atoms with Crippen molar-refractivity contribution in [2.75, 3.05) is 13.1 Å². The third-order valence-electron chi connectivity index (χ3n) is 4.79. The van der Waals surface area contributed by atoms with E-state index in [1.165, 1.54) is 11.1 Å². The minimum Gasteiger partial charge on any atom is -0.349 e. The number of hydrogen-bond donors (Lipinski definition) is 2. The first kappa shape index (κ1) is 19.5. The fourth-order valence-electron chi connectivity index (χ4n) is 3.34. The van der Waals surface area contributed by atoms with E-state index in [-0.39, 0.29) is 30.3 Å². The molecular formula is C21H27ClN2O. The number of amides is 1. The van der Waals surface area contributed by atoms with Crippen LogP contribution in [0.3, 0.4) is 0 Å². The van der Waals surface area contributed by atoms with Crippen molar-refractivity contribution < 1.29 is 4.79 Å². The lowest BCUT2D eigenvalue weighted by Gasteiger charge is -2.26. The van der Waals surface area contributed by atoms with E-state index in [1.807, 2.05) is 24.3 Å². The van der Waals surface area contributed by atoms with Crippen LogP contribution in [0.25, 0.3) is 0 Å². The molecule has 1 amide bonds. The number of aryl methyl sites for hydroxylation is 1. The maximum absolute atomic E-state index is 12.7. The second-order valence-corrected chi connectivity index (χ2v) is 6.52. The number of nitrogens with one attached hydrogen (secondary N) is 2. The van der Waals surface area contributed by atoms with Crippen LogP contribution < -0.4 is 10.6 Å². The highest BCUT2D eigenvalue weighted by Gasteiger charge is 2.23. The van der Waals surface area contributed by atoms with Gasteiger partial charge >= 0.3 is 0 Å². The lowest BCUT2D eigenvalue weighted by Crippen LogP contribution is -2.39. The van der Waals surface area contributed by atoms with Crippen LogP contribution in [0.15, 0.2) is 60.7 Å². The lowest BCUT2D eigenvalue weighted by molar-refractivity contribution is -0.126. The highest BCUT2D eigenvalue weighted by Crippen LogP contribution is 2.21. The number of benzene rings is 2. The Kier molecular flexibility index (Phi) is 7.96. The molecule has 0 saturated carbocycles. The van der Waals surface area contributed by atoms with Crippen molar-refractivity contribution in [2.24, 2.45) is 5.92 Å². The first-order valence-electron chi connectivity index (χ1n) is 8.93. The second-order valence-electron chi connectivity index (χ2n) is 6.52. The van der Waals surface area contributed by atoms with E-state index in [2.05, 4.69) is 47.0 Å². The topological polar surface area (TPSA) is 41.1 Å². The Bertz CT molecular complexity index is 627. The molecule has 0 aliphatic carbocycles. The average molecular weight is 359 g/mol. The lowest BCUT2D eigenvalue weighted by atomic mass is 9.94. The van der Waals surface area contributed by atoms with Gasteiger partial charge in [-0.2, -0.15) is 0 Å². The van der Waals surface area contributed by atoms with Crippen LogP contribution in [0.2, 0.25) is 0 Å². The summed E-state index contributed by atoms with van der Waals surface area (Å²) in [6, 6.07) is 20.9. The zero-order valence-corrected chi connectivity index (χ0v) is 15.3. The zero-order chi connectivity index (χ0) is 16.6. The average Bonchev–Trinajstić information content (AvgIpc) is 2.67. The Morgan fingerprint density at radius 2 is 1.60 bits per heavy atom. The molecule has 1 heterocycles. The minimum atomic E-state index is 0. The van der Waals surface area contributed by atoms with Crippen molar-refractivity contribution in [3.05, 3.63) is 71.8 Å². The summed E-state index contributed by atoms with van der Waals surface area (Å²) in [7, 11) is 0. The van der Waals surface area contributed by atoms with E-state index < -0.39 is 0 Å². The summed E-state index contributed by atoms with van der Waals surface area (Å²) in [5.74, 6) is 0.354. The van der Waals surface area contributed by atoms with E-state index in [4.69, 9.17) is 0 Å². The fourth-order valence-corrected chi connectivity index (χ4v) is 3.34. The van der Waals surface area contributed by atoms with Crippen molar-refractivity contribution in [3.8, 4) is 0 Å². The maximum atomic E-state index is 12.7. The summed E-state index contributed by atoms with van der Waals surface area (Å²) in [4.78, 5) is 12.7. The summed E-state index contributed by atoms with van der Waals surface area (Å²) >= 11 is 0. The van der Waals surface area contributed by atoms with E-state index in [0.29, 0.717) is 0 Å². The Labute approximate surface area is 156 Å². The highest BCUT2D eigenvalue weighted by atomic mass is 35.5. The molecule has 3 rings (SSSR count). The van der Waals surface area contributed by atoms with E-state index in [9.17, 15) is 4.79 Å². The highest BCUT2D eigenvalue weighted by molar-refractivity contribution is 5.85. The molecule has 2 aromatic rings. The van der Waals surface area contributed by atoms with Crippen LogP contribution in [0, 0.1) is 5.92 Å². The smallest absolute Gasteiger partial charge is 0.223 e. The maximum Gasteiger partial charge on any atom is 0.223 e. The molecule has 1 aliphatic rings. The van der Waals surface area contributed by atoms with Crippen molar-refractivity contribution in [1.82, 2.24) is 10.6 Å². The third-order valence-corrected chi connectivity index (χ3v) is 4.79. The van der Waals surface area contributed by atoms with Gasteiger partial charge in [-0.05, 0) is 49.9 Å². The Hall–Kier alpha value is -1.84. The van der Waals surface area contributed by atoms with Crippen LogP contribution in [-0.4, -0.2) is 19.0 Å². The molecule has 0 bridgehead atoms. The van der Waals surface area contributed by atoms with Crippen LogP contribution in [-0.2, 0) is 11.2 Å². The summed E-state index contributed by atoms with van der Waals surface area (Å²) in [6.45, 7) is 1.89. The molecule has 2 N–H and O–H groups in total. The van der Waals surface area contributed by atoms with Gasteiger partial charge in [0.1, 0.15) is 0 Å². The molecule has 1 fully saturated rings. The van der Waals surface area contributed by atoms with Crippen molar-refractivity contribution in [2.45, 2.75) is 31.7 Å². The zero-order valence-electron chi connectivity index (χ0n) is 14.5. The number of hydrogen-bond acceptors (Lipinski definition) is 2. The summed E-state index contributed by atoms with van der Waals surface area (Å²) in [5, 5.41) is 6.63. The largest absolute Gasteiger partial charge is 0.349 e. The Balaban J connectivity index is 0.00000225. The van der Waals surface area contributed by atoms with Crippen LogP contribution in [0.1, 0.15) is 36.4 Å². The van der Waals surface area contributed by atoms with Gasteiger partial charge in [0.15, 0.2) is 0 Å². The normalized spacial score (nSPS) is 15.8. The first-order valence-corrected chi connectivity index (χ1v) is 8.93. The summed E-state index contributed by atoms with van der Waals surface area (Å²) < 4.78 is 0. The van der Waals surface area contributed by atoms with Crippen molar-refractivity contribution in [1.29, 1.82) is 0 Å². The van der Waals surface area contributed by atoms with Crippen molar-refractivity contribution >= 4 is 18.3 Å². The predicted molar refractivity (Wildman–Crippen MR) is 105 cm³/mol. The number of carbonyl (C=O) groups is 1. The van der Waals surface area contributed by atoms with Gasteiger partial charge in [0.2, 0.25) is 5.91 Å². The molecule has 3 nitrogen and oxygen atoms in total. The quantitative estimate of drug-likeness (QED) is 0.822. The van der Waals surface area contributed by atoms with Crippen LogP contribution in [0.5, 0.6) is 0 Å².